The molecule has 0 amide bonds. The lowest BCUT2D eigenvalue weighted by molar-refractivity contribution is 1.27. The van der Waals surface area contributed by atoms with Gasteiger partial charge in [-0.2, -0.15) is 5.26 Å². The van der Waals surface area contributed by atoms with E-state index in [0.717, 1.165) is 22.3 Å². The van der Waals surface area contributed by atoms with E-state index in [-0.39, 0.29) is 5.82 Å². The number of anilines is 1. The first kappa shape index (κ1) is 14.7. The number of nitriles is 1. The maximum absolute atomic E-state index is 9.49. The van der Waals surface area contributed by atoms with E-state index in [4.69, 9.17) is 5.73 Å². The second-order valence-corrected chi connectivity index (χ2v) is 5.49. The Morgan fingerprint density at radius 3 is 2.57 bits per heavy atom. The van der Waals surface area contributed by atoms with Crippen LogP contribution in [0.5, 0.6) is 0 Å². The molecular weight excluding hydrogens is 284 g/mol. The SMILES string of the molecule is Cc1ccc(-c2cc(-c3cccnc3)nc(N)c2C#N)c(C)c1. The Balaban J connectivity index is 2.27. The number of benzene rings is 1. The van der Waals surface area contributed by atoms with Gasteiger partial charge in [-0.3, -0.25) is 4.98 Å². The molecule has 0 bridgehead atoms. The molecule has 0 saturated carbocycles. The van der Waals surface area contributed by atoms with Gasteiger partial charge in [0, 0.05) is 23.5 Å². The van der Waals surface area contributed by atoms with Crippen LogP contribution < -0.4 is 5.73 Å². The molecule has 2 N–H and O–H groups in total. The molecule has 0 atom stereocenters. The monoisotopic (exact) mass is 300 g/mol. The summed E-state index contributed by atoms with van der Waals surface area (Å²) in [6, 6.07) is 14.0. The molecule has 2 heterocycles. The molecule has 112 valence electrons. The highest BCUT2D eigenvalue weighted by Gasteiger charge is 2.15. The fourth-order valence-corrected chi connectivity index (χ4v) is 2.67. The van der Waals surface area contributed by atoms with Crippen molar-refractivity contribution in [2.24, 2.45) is 0 Å². The van der Waals surface area contributed by atoms with E-state index in [2.05, 4.69) is 22.1 Å². The third kappa shape index (κ3) is 2.77. The predicted molar refractivity (Wildman–Crippen MR) is 91.5 cm³/mol. The smallest absolute Gasteiger partial charge is 0.142 e. The number of rotatable bonds is 2. The van der Waals surface area contributed by atoms with E-state index < -0.39 is 0 Å². The van der Waals surface area contributed by atoms with Crippen molar-refractivity contribution < 1.29 is 0 Å². The van der Waals surface area contributed by atoms with Gasteiger partial charge in [0.05, 0.1) is 5.69 Å². The Kier molecular flexibility index (Phi) is 3.78. The van der Waals surface area contributed by atoms with Crippen LogP contribution in [0.2, 0.25) is 0 Å². The quantitative estimate of drug-likeness (QED) is 0.779. The average Bonchev–Trinajstić information content (AvgIpc) is 2.55. The third-order valence-electron chi connectivity index (χ3n) is 3.79. The van der Waals surface area contributed by atoms with Crippen molar-refractivity contribution in [3.63, 3.8) is 0 Å². The summed E-state index contributed by atoms with van der Waals surface area (Å²) in [5.41, 5.74) is 12.1. The molecule has 0 fully saturated rings. The molecule has 1 aromatic carbocycles. The first-order valence-electron chi connectivity index (χ1n) is 7.29. The Morgan fingerprint density at radius 2 is 1.91 bits per heavy atom. The van der Waals surface area contributed by atoms with Crippen molar-refractivity contribution in [3.8, 4) is 28.5 Å². The fraction of sp³-hybridized carbons (Fsp3) is 0.105. The molecule has 0 radical (unpaired) electrons. The second-order valence-electron chi connectivity index (χ2n) is 5.49. The van der Waals surface area contributed by atoms with Gasteiger partial charge in [0.2, 0.25) is 0 Å². The minimum atomic E-state index is 0.240. The van der Waals surface area contributed by atoms with Crippen molar-refractivity contribution in [3.05, 3.63) is 65.5 Å². The summed E-state index contributed by atoms with van der Waals surface area (Å²) in [6.45, 7) is 4.08. The van der Waals surface area contributed by atoms with Gasteiger partial charge in [0.25, 0.3) is 0 Å². The Hall–Kier alpha value is -3.19. The minimum Gasteiger partial charge on any atom is -0.383 e. The van der Waals surface area contributed by atoms with Crippen LogP contribution in [0.1, 0.15) is 16.7 Å². The summed E-state index contributed by atoms with van der Waals surface area (Å²) in [5.74, 6) is 0.240. The number of nitrogens with zero attached hydrogens (tertiary/aromatic N) is 3. The van der Waals surface area contributed by atoms with Crippen molar-refractivity contribution in [2.45, 2.75) is 13.8 Å². The molecular formula is C19H16N4. The summed E-state index contributed by atoms with van der Waals surface area (Å²) in [7, 11) is 0. The lowest BCUT2D eigenvalue weighted by Crippen LogP contribution is -2.00. The third-order valence-corrected chi connectivity index (χ3v) is 3.79. The highest BCUT2D eigenvalue weighted by molar-refractivity contribution is 5.81. The van der Waals surface area contributed by atoms with Crippen LogP contribution in [0, 0.1) is 25.2 Å². The molecule has 3 rings (SSSR count). The predicted octanol–water partition coefficient (Wildman–Crippen LogP) is 3.88. The number of pyridine rings is 2. The zero-order chi connectivity index (χ0) is 16.4. The molecule has 0 spiro atoms. The zero-order valence-corrected chi connectivity index (χ0v) is 13.0. The molecule has 0 aliphatic carbocycles. The van der Waals surface area contributed by atoms with Gasteiger partial charge in [0.15, 0.2) is 0 Å². The Morgan fingerprint density at radius 1 is 1.09 bits per heavy atom. The Labute approximate surface area is 135 Å². The second kappa shape index (κ2) is 5.90. The molecule has 23 heavy (non-hydrogen) atoms. The van der Waals surface area contributed by atoms with E-state index >= 15 is 0 Å². The maximum atomic E-state index is 9.49. The molecule has 0 aliphatic heterocycles. The summed E-state index contributed by atoms with van der Waals surface area (Å²) >= 11 is 0. The number of nitrogen functional groups attached to an aromatic ring is 1. The van der Waals surface area contributed by atoms with Gasteiger partial charge in [-0.05, 0) is 43.2 Å². The first-order chi connectivity index (χ1) is 11.1. The van der Waals surface area contributed by atoms with Gasteiger partial charge >= 0.3 is 0 Å². The largest absolute Gasteiger partial charge is 0.383 e. The normalized spacial score (nSPS) is 10.3. The topological polar surface area (TPSA) is 75.6 Å². The van der Waals surface area contributed by atoms with E-state index in [9.17, 15) is 5.26 Å². The molecule has 0 unspecified atom stereocenters. The number of nitrogens with two attached hydrogens (primary N) is 1. The molecule has 0 saturated heterocycles. The molecule has 3 aromatic rings. The average molecular weight is 300 g/mol. The van der Waals surface area contributed by atoms with Crippen LogP contribution in [0.4, 0.5) is 5.82 Å². The van der Waals surface area contributed by atoms with Crippen LogP contribution in [0.3, 0.4) is 0 Å². The fourth-order valence-electron chi connectivity index (χ4n) is 2.67. The number of hydrogen-bond acceptors (Lipinski definition) is 4. The van der Waals surface area contributed by atoms with Gasteiger partial charge < -0.3 is 5.73 Å². The van der Waals surface area contributed by atoms with Gasteiger partial charge in [0.1, 0.15) is 17.5 Å². The van der Waals surface area contributed by atoms with Gasteiger partial charge in [-0.15, -0.1) is 0 Å². The van der Waals surface area contributed by atoms with Crippen LogP contribution in [0.25, 0.3) is 22.4 Å². The lowest BCUT2D eigenvalue weighted by Gasteiger charge is -2.12. The lowest BCUT2D eigenvalue weighted by atomic mass is 9.94. The van der Waals surface area contributed by atoms with Crippen LogP contribution in [-0.4, -0.2) is 9.97 Å². The van der Waals surface area contributed by atoms with Crippen molar-refractivity contribution >= 4 is 5.82 Å². The highest BCUT2D eigenvalue weighted by Crippen LogP contribution is 2.33. The summed E-state index contributed by atoms with van der Waals surface area (Å²) in [6.07, 6.45) is 3.45. The molecule has 4 nitrogen and oxygen atoms in total. The number of aromatic nitrogens is 2. The highest BCUT2D eigenvalue weighted by atomic mass is 14.8. The number of hydrogen-bond donors (Lipinski definition) is 1. The summed E-state index contributed by atoms with van der Waals surface area (Å²) < 4.78 is 0. The summed E-state index contributed by atoms with van der Waals surface area (Å²) in [5, 5.41) is 9.49. The summed E-state index contributed by atoms with van der Waals surface area (Å²) in [4.78, 5) is 8.48. The van der Waals surface area contributed by atoms with E-state index in [1.54, 1.807) is 12.4 Å². The van der Waals surface area contributed by atoms with E-state index in [1.165, 1.54) is 5.56 Å². The van der Waals surface area contributed by atoms with Crippen LogP contribution >= 0.6 is 0 Å². The standard InChI is InChI=1S/C19H16N4/c1-12-5-6-15(13(2)8-12)16-9-18(14-4-3-7-22-11-14)23-19(21)17(16)10-20/h3-9,11H,1-2H3,(H2,21,23). The van der Waals surface area contributed by atoms with Crippen LogP contribution in [-0.2, 0) is 0 Å². The Bertz CT molecular complexity index is 909. The van der Waals surface area contributed by atoms with Gasteiger partial charge in [-0.25, -0.2) is 4.98 Å². The zero-order valence-electron chi connectivity index (χ0n) is 13.0. The first-order valence-corrected chi connectivity index (χ1v) is 7.29. The van der Waals surface area contributed by atoms with Crippen molar-refractivity contribution in [1.82, 2.24) is 9.97 Å². The number of aryl methyl sites for hydroxylation is 2. The van der Waals surface area contributed by atoms with Crippen molar-refractivity contribution in [2.75, 3.05) is 5.73 Å². The molecule has 4 heteroatoms. The molecule has 0 aliphatic rings. The van der Waals surface area contributed by atoms with Crippen LogP contribution in [0.15, 0.2) is 48.8 Å². The van der Waals surface area contributed by atoms with Gasteiger partial charge in [-0.1, -0.05) is 23.8 Å². The molecule has 2 aromatic heterocycles. The maximum Gasteiger partial charge on any atom is 0.142 e. The minimum absolute atomic E-state index is 0.240. The van der Waals surface area contributed by atoms with E-state index in [1.807, 2.05) is 44.2 Å². The van der Waals surface area contributed by atoms with Crippen molar-refractivity contribution in [1.29, 1.82) is 5.26 Å². The van der Waals surface area contributed by atoms with E-state index in [0.29, 0.717) is 11.3 Å².